The Hall–Kier alpha value is -1.06. The Balaban J connectivity index is 1.28. The van der Waals surface area contributed by atoms with E-state index in [0.717, 1.165) is 49.9 Å². The second-order valence-electron chi connectivity index (χ2n) is 9.14. The minimum atomic E-state index is -0.142. The van der Waals surface area contributed by atoms with Gasteiger partial charge in [0.25, 0.3) is 0 Å². The van der Waals surface area contributed by atoms with Crippen LogP contribution in [0.1, 0.15) is 77.0 Å². The monoisotopic (exact) mass is 332 g/mol. The molecule has 0 atom stereocenters. The lowest BCUT2D eigenvalue weighted by Gasteiger charge is -2.55. The highest BCUT2D eigenvalue weighted by Gasteiger charge is 2.54. The predicted molar refractivity (Wildman–Crippen MR) is 93.2 cm³/mol. The lowest BCUT2D eigenvalue weighted by Crippen LogP contribution is -2.54. The van der Waals surface area contributed by atoms with E-state index in [9.17, 15) is 9.59 Å². The number of amides is 2. The van der Waals surface area contributed by atoms with E-state index in [4.69, 9.17) is 0 Å². The van der Waals surface area contributed by atoms with Crippen molar-refractivity contribution in [3.63, 3.8) is 0 Å². The topological polar surface area (TPSA) is 58.2 Å². The summed E-state index contributed by atoms with van der Waals surface area (Å²) in [7, 11) is 0. The summed E-state index contributed by atoms with van der Waals surface area (Å²) in [5.74, 6) is 2.46. The van der Waals surface area contributed by atoms with Gasteiger partial charge in [-0.3, -0.25) is 9.59 Å². The van der Waals surface area contributed by atoms with Gasteiger partial charge in [-0.15, -0.1) is 0 Å². The molecule has 5 aliphatic carbocycles. The van der Waals surface area contributed by atoms with E-state index < -0.39 is 0 Å². The molecule has 0 radical (unpaired) electrons. The van der Waals surface area contributed by atoms with Crippen LogP contribution in [0.3, 0.4) is 0 Å². The maximum atomic E-state index is 12.9. The summed E-state index contributed by atoms with van der Waals surface area (Å²) in [6.45, 7) is 0.164. The minimum Gasteiger partial charge on any atom is -0.352 e. The fourth-order valence-electron chi connectivity index (χ4n) is 6.44. The van der Waals surface area contributed by atoms with E-state index in [2.05, 4.69) is 10.6 Å². The molecular formula is C20H32N2O2. The first-order chi connectivity index (χ1) is 11.6. The lowest BCUT2D eigenvalue weighted by molar-refractivity contribution is -0.147. The SMILES string of the molecule is O=C(CNC(=O)C12CC3CC(CC(C3)C1)C2)NC1CCCCCC1. The van der Waals surface area contributed by atoms with Crippen LogP contribution in [0, 0.1) is 23.2 Å². The van der Waals surface area contributed by atoms with Crippen molar-refractivity contribution in [2.75, 3.05) is 6.54 Å². The fraction of sp³-hybridized carbons (Fsp3) is 0.900. The van der Waals surface area contributed by atoms with E-state index in [1.807, 2.05) is 0 Å². The molecule has 0 spiro atoms. The highest BCUT2D eigenvalue weighted by Crippen LogP contribution is 2.60. The summed E-state index contributed by atoms with van der Waals surface area (Å²) in [5, 5.41) is 6.13. The van der Waals surface area contributed by atoms with Crippen molar-refractivity contribution < 1.29 is 9.59 Å². The van der Waals surface area contributed by atoms with Gasteiger partial charge in [-0.05, 0) is 69.1 Å². The molecule has 5 rings (SSSR count). The first kappa shape index (κ1) is 16.4. The van der Waals surface area contributed by atoms with Crippen molar-refractivity contribution >= 4 is 11.8 Å². The Morgan fingerprint density at radius 3 is 1.92 bits per heavy atom. The zero-order chi connectivity index (χ0) is 16.6. The molecule has 2 amide bonds. The molecule has 2 N–H and O–H groups in total. The van der Waals surface area contributed by atoms with Crippen LogP contribution in [-0.4, -0.2) is 24.4 Å². The molecule has 5 saturated carbocycles. The van der Waals surface area contributed by atoms with Gasteiger partial charge in [0.05, 0.1) is 6.54 Å². The van der Waals surface area contributed by atoms with Gasteiger partial charge in [0.15, 0.2) is 0 Å². The van der Waals surface area contributed by atoms with Crippen molar-refractivity contribution in [1.29, 1.82) is 0 Å². The summed E-state index contributed by atoms with van der Waals surface area (Å²) in [4.78, 5) is 25.1. The van der Waals surface area contributed by atoms with Gasteiger partial charge in [0.2, 0.25) is 11.8 Å². The maximum Gasteiger partial charge on any atom is 0.239 e. The molecule has 0 aromatic carbocycles. The molecule has 4 nitrogen and oxygen atoms in total. The van der Waals surface area contributed by atoms with Gasteiger partial charge in [-0.25, -0.2) is 0 Å². The third-order valence-corrected chi connectivity index (χ3v) is 7.15. The largest absolute Gasteiger partial charge is 0.352 e. The molecule has 4 bridgehead atoms. The third-order valence-electron chi connectivity index (χ3n) is 7.15. The lowest BCUT2D eigenvalue weighted by atomic mass is 9.49. The molecular weight excluding hydrogens is 300 g/mol. The molecule has 5 aliphatic rings. The average Bonchev–Trinajstić information content (AvgIpc) is 2.80. The van der Waals surface area contributed by atoms with Crippen LogP contribution in [0.25, 0.3) is 0 Å². The van der Waals surface area contributed by atoms with E-state index in [1.165, 1.54) is 44.9 Å². The van der Waals surface area contributed by atoms with Crippen LogP contribution in [-0.2, 0) is 9.59 Å². The predicted octanol–water partition coefficient (Wildman–Crippen LogP) is 3.16. The molecule has 134 valence electrons. The number of hydrogen-bond acceptors (Lipinski definition) is 2. The minimum absolute atomic E-state index is 0.0000201. The molecule has 0 aromatic heterocycles. The standard InChI is InChI=1S/C20H32N2O2/c23-18(22-17-5-3-1-2-4-6-17)13-21-19(24)20-10-14-7-15(11-20)9-16(8-14)12-20/h14-17H,1-13H2,(H,21,24)(H,22,23). The summed E-state index contributed by atoms with van der Waals surface area (Å²) in [6.07, 6.45) is 14.4. The molecule has 0 heterocycles. The second-order valence-corrected chi connectivity index (χ2v) is 9.14. The number of carbonyl (C=O) groups is 2. The molecule has 24 heavy (non-hydrogen) atoms. The van der Waals surface area contributed by atoms with Crippen molar-refractivity contribution in [3.8, 4) is 0 Å². The van der Waals surface area contributed by atoms with Crippen molar-refractivity contribution in [1.82, 2.24) is 10.6 Å². The normalized spacial score (nSPS) is 38.6. The van der Waals surface area contributed by atoms with Gasteiger partial charge in [0, 0.05) is 11.5 Å². The summed E-state index contributed by atoms with van der Waals surface area (Å²) in [6, 6.07) is 0.316. The van der Waals surface area contributed by atoms with Crippen molar-refractivity contribution in [2.24, 2.45) is 23.2 Å². The average molecular weight is 332 g/mol. The van der Waals surface area contributed by atoms with Crippen molar-refractivity contribution in [2.45, 2.75) is 83.1 Å². The molecule has 0 aromatic rings. The highest BCUT2D eigenvalue weighted by atomic mass is 16.2. The number of carbonyl (C=O) groups excluding carboxylic acids is 2. The Labute approximate surface area is 145 Å². The Kier molecular flexibility index (Phi) is 4.57. The van der Waals surface area contributed by atoms with E-state index >= 15 is 0 Å². The summed E-state index contributed by atoms with van der Waals surface area (Å²) < 4.78 is 0. The first-order valence-electron chi connectivity index (χ1n) is 10.2. The van der Waals surface area contributed by atoms with E-state index in [0.29, 0.717) is 6.04 Å². The van der Waals surface area contributed by atoms with Crippen LogP contribution in [0.5, 0.6) is 0 Å². The molecule has 0 unspecified atom stereocenters. The van der Waals surface area contributed by atoms with Crippen LogP contribution >= 0.6 is 0 Å². The van der Waals surface area contributed by atoms with Crippen LogP contribution in [0.2, 0.25) is 0 Å². The number of hydrogen-bond donors (Lipinski definition) is 2. The zero-order valence-corrected chi connectivity index (χ0v) is 14.8. The molecule has 0 aliphatic heterocycles. The Morgan fingerprint density at radius 2 is 1.38 bits per heavy atom. The van der Waals surface area contributed by atoms with Gasteiger partial charge < -0.3 is 10.6 Å². The second kappa shape index (κ2) is 6.68. The van der Waals surface area contributed by atoms with Gasteiger partial charge in [-0.1, -0.05) is 25.7 Å². The Morgan fingerprint density at radius 1 is 0.833 bits per heavy atom. The summed E-state index contributed by atoms with van der Waals surface area (Å²) >= 11 is 0. The van der Waals surface area contributed by atoms with Gasteiger partial charge in [0.1, 0.15) is 0 Å². The van der Waals surface area contributed by atoms with Gasteiger partial charge >= 0.3 is 0 Å². The fourth-order valence-corrected chi connectivity index (χ4v) is 6.44. The third kappa shape index (κ3) is 3.34. The summed E-state index contributed by atoms with van der Waals surface area (Å²) in [5.41, 5.74) is -0.142. The smallest absolute Gasteiger partial charge is 0.239 e. The maximum absolute atomic E-state index is 12.9. The quantitative estimate of drug-likeness (QED) is 0.777. The van der Waals surface area contributed by atoms with Crippen LogP contribution < -0.4 is 10.6 Å². The first-order valence-corrected chi connectivity index (χ1v) is 10.2. The van der Waals surface area contributed by atoms with Crippen LogP contribution in [0.15, 0.2) is 0 Å². The molecule has 4 heteroatoms. The highest BCUT2D eigenvalue weighted by molar-refractivity contribution is 5.88. The van der Waals surface area contributed by atoms with Crippen molar-refractivity contribution in [3.05, 3.63) is 0 Å². The Bertz CT molecular complexity index is 459. The van der Waals surface area contributed by atoms with E-state index in [1.54, 1.807) is 0 Å². The van der Waals surface area contributed by atoms with E-state index in [-0.39, 0.29) is 23.8 Å². The molecule has 5 fully saturated rings. The van der Waals surface area contributed by atoms with Gasteiger partial charge in [-0.2, -0.15) is 0 Å². The number of rotatable bonds is 4. The zero-order valence-electron chi connectivity index (χ0n) is 14.8. The molecule has 0 saturated heterocycles. The van der Waals surface area contributed by atoms with Crippen LogP contribution in [0.4, 0.5) is 0 Å². The number of nitrogens with one attached hydrogen (secondary N) is 2.